The topological polar surface area (TPSA) is 27.7 Å². The Morgan fingerprint density at radius 1 is 1.00 bits per heavy atom. The lowest BCUT2D eigenvalue weighted by atomic mass is 10.1. The standard InChI is InChI=1S/C14H15ClO3/c1-16-14(17-2)9-18-13-8-7-12(15)10-5-3-4-6-11(10)13/h3-8,14H,9H2,1-2H3. The smallest absolute Gasteiger partial charge is 0.191 e. The first kappa shape index (κ1) is 13.1. The molecule has 0 aliphatic rings. The predicted octanol–water partition coefficient (Wildman–Crippen LogP) is 3.49. The molecular weight excluding hydrogens is 252 g/mol. The van der Waals surface area contributed by atoms with Crippen LogP contribution in [0.5, 0.6) is 5.75 Å². The van der Waals surface area contributed by atoms with Gasteiger partial charge in [0.1, 0.15) is 12.4 Å². The van der Waals surface area contributed by atoms with Crippen LogP contribution in [0.1, 0.15) is 0 Å². The number of benzene rings is 2. The first-order valence-corrected chi connectivity index (χ1v) is 5.99. The van der Waals surface area contributed by atoms with Crippen LogP contribution in [0.15, 0.2) is 36.4 Å². The Balaban J connectivity index is 2.26. The van der Waals surface area contributed by atoms with E-state index >= 15 is 0 Å². The average Bonchev–Trinajstić information content (AvgIpc) is 2.42. The van der Waals surface area contributed by atoms with E-state index in [2.05, 4.69) is 0 Å². The molecule has 0 N–H and O–H groups in total. The first-order valence-electron chi connectivity index (χ1n) is 5.62. The van der Waals surface area contributed by atoms with Gasteiger partial charge < -0.3 is 14.2 Å². The van der Waals surface area contributed by atoms with Crippen molar-refractivity contribution < 1.29 is 14.2 Å². The summed E-state index contributed by atoms with van der Waals surface area (Å²) in [6.07, 6.45) is -0.376. The van der Waals surface area contributed by atoms with Crippen molar-refractivity contribution in [3.8, 4) is 5.75 Å². The maximum absolute atomic E-state index is 6.14. The molecule has 0 spiro atoms. The van der Waals surface area contributed by atoms with E-state index in [0.717, 1.165) is 16.5 Å². The van der Waals surface area contributed by atoms with Gasteiger partial charge in [-0.2, -0.15) is 0 Å². The molecule has 3 nitrogen and oxygen atoms in total. The third-order valence-corrected chi connectivity index (χ3v) is 3.06. The lowest BCUT2D eigenvalue weighted by Gasteiger charge is -2.15. The zero-order valence-corrected chi connectivity index (χ0v) is 11.1. The molecule has 96 valence electrons. The summed E-state index contributed by atoms with van der Waals surface area (Å²) in [5, 5.41) is 2.67. The monoisotopic (exact) mass is 266 g/mol. The molecule has 0 fully saturated rings. The third kappa shape index (κ3) is 2.75. The number of rotatable bonds is 5. The zero-order valence-electron chi connectivity index (χ0n) is 10.4. The summed E-state index contributed by atoms with van der Waals surface area (Å²) in [6.45, 7) is 0.332. The summed E-state index contributed by atoms with van der Waals surface area (Å²) in [6, 6.07) is 11.5. The largest absolute Gasteiger partial charge is 0.488 e. The van der Waals surface area contributed by atoms with Crippen molar-refractivity contribution in [3.63, 3.8) is 0 Å². The molecule has 0 aliphatic heterocycles. The van der Waals surface area contributed by atoms with Gasteiger partial charge in [-0.3, -0.25) is 0 Å². The van der Waals surface area contributed by atoms with E-state index in [0.29, 0.717) is 11.6 Å². The molecule has 0 amide bonds. The van der Waals surface area contributed by atoms with Crippen LogP contribution in [0.3, 0.4) is 0 Å². The number of fused-ring (bicyclic) bond motifs is 1. The average molecular weight is 267 g/mol. The van der Waals surface area contributed by atoms with Crippen LogP contribution in [0, 0.1) is 0 Å². The van der Waals surface area contributed by atoms with Crippen LogP contribution in [-0.4, -0.2) is 27.1 Å². The second-order valence-electron chi connectivity index (χ2n) is 3.80. The minimum Gasteiger partial charge on any atom is -0.488 e. The second-order valence-corrected chi connectivity index (χ2v) is 4.21. The van der Waals surface area contributed by atoms with Gasteiger partial charge in [0, 0.05) is 30.0 Å². The maximum atomic E-state index is 6.14. The Kier molecular flexibility index (Phi) is 4.42. The zero-order chi connectivity index (χ0) is 13.0. The van der Waals surface area contributed by atoms with Crippen molar-refractivity contribution in [1.29, 1.82) is 0 Å². The molecule has 2 aromatic rings. The highest BCUT2D eigenvalue weighted by Gasteiger charge is 2.09. The summed E-state index contributed by atoms with van der Waals surface area (Å²) in [4.78, 5) is 0. The van der Waals surface area contributed by atoms with Gasteiger partial charge in [0.05, 0.1) is 0 Å². The minimum absolute atomic E-state index is 0.332. The van der Waals surface area contributed by atoms with Gasteiger partial charge in [0.15, 0.2) is 6.29 Å². The Labute approximate surface area is 111 Å². The summed E-state index contributed by atoms with van der Waals surface area (Å²) < 4.78 is 15.9. The maximum Gasteiger partial charge on any atom is 0.191 e. The Bertz CT molecular complexity index is 523. The number of halogens is 1. The lowest BCUT2D eigenvalue weighted by Crippen LogP contribution is -2.22. The molecule has 18 heavy (non-hydrogen) atoms. The fourth-order valence-corrected chi connectivity index (χ4v) is 1.98. The number of ether oxygens (including phenoxy) is 3. The predicted molar refractivity (Wildman–Crippen MR) is 72.3 cm³/mol. The molecule has 2 rings (SSSR count). The molecular formula is C14H15ClO3. The minimum atomic E-state index is -0.376. The fraction of sp³-hybridized carbons (Fsp3) is 0.286. The molecule has 0 heterocycles. The molecule has 0 aromatic heterocycles. The molecule has 0 bridgehead atoms. The summed E-state index contributed by atoms with van der Waals surface area (Å²) >= 11 is 6.14. The Morgan fingerprint density at radius 3 is 2.33 bits per heavy atom. The van der Waals surface area contributed by atoms with Crippen molar-refractivity contribution in [2.45, 2.75) is 6.29 Å². The van der Waals surface area contributed by atoms with Crippen molar-refractivity contribution in [2.24, 2.45) is 0 Å². The molecule has 0 aliphatic carbocycles. The molecule has 0 saturated carbocycles. The van der Waals surface area contributed by atoms with E-state index in [1.54, 1.807) is 14.2 Å². The highest BCUT2D eigenvalue weighted by atomic mass is 35.5. The van der Waals surface area contributed by atoms with E-state index < -0.39 is 0 Å². The van der Waals surface area contributed by atoms with Gasteiger partial charge in [-0.05, 0) is 12.1 Å². The van der Waals surface area contributed by atoms with E-state index in [1.165, 1.54) is 0 Å². The Morgan fingerprint density at radius 2 is 1.67 bits per heavy atom. The van der Waals surface area contributed by atoms with Gasteiger partial charge >= 0.3 is 0 Å². The van der Waals surface area contributed by atoms with E-state index in [9.17, 15) is 0 Å². The molecule has 2 aromatic carbocycles. The van der Waals surface area contributed by atoms with E-state index in [-0.39, 0.29) is 6.29 Å². The lowest BCUT2D eigenvalue weighted by molar-refractivity contribution is -0.121. The number of hydrogen-bond donors (Lipinski definition) is 0. The van der Waals surface area contributed by atoms with Crippen LogP contribution in [0.4, 0.5) is 0 Å². The van der Waals surface area contributed by atoms with Crippen molar-refractivity contribution in [1.82, 2.24) is 0 Å². The van der Waals surface area contributed by atoms with Crippen molar-refractivity contribution in [2.75, 3.05) is 20.8 Å². The van der Waals surface area contributed by atoms with Crippen LogP contribution in [0.2, 0.25) is 5.02 Å². The first-order chi connectivity index (χ1) is 8.76. The highest BCUT2D eigenvalue weighted by Crippen LogP contribution is 2.31. The van der Waals surface area contributed by atoms with Crippen molar-refractivity contribution in [3.05, 3.63) is 41.4 Å². The van der Waals surface area contributed by atoms with Gasteiger partial charge in [0.2, 0.25) is 0 Å². The summed E-state index contributed by atoms with van der Waals surface area (Å²) in [7, 11) is 3.16. The van der Waals surface area contributed by atoms with Crippen LogP contribution in [0.25, 0.3) is 10.8 Å². The number of methoxy groups -OCH3 is 2. The Hall–Kier alpha value is -1.29. The normalized spacial score (nSPS) is 11.1. The SMILES string of the molecule is COC(COc1ccc(Cl)c2ccccc12)OC. The van der Waals surface area contributed by atoms with Gasteiger partial charge in [0.25, 0.3) is 0 Å². The molecule has 0 saturated heterocycles. The highest BCUT2D eigenvalue weighted by molar-refractivity contribution is 6.35. The second kappa shape index (κ2) is 6.05. The van der Waals surface area contributed by atoms with Crippen LogP contribution in [-0.2, 0) is 9.47 Å². The molecule has 0 unspecified atom stereocenters. The van der Waals surface area contributed by atoms with Gasteiger partial charge in [-0.25, -0.2) is 0 Å². The van der Waals surface area contributed by atoms with Crippen LogP contribution < -0.4 is 4.74 Å². The van der Waals surface area contributed by atoms with E-state index in [1.807, 2.05) is 36.4 Å². The van der Waals surface area contributed by atoms with Crippen molar-refractivity contribution >= 4 is 22.4 Å². The summed E-state index contributed by atoms with van der Waals surface area (Å²) in [5.74, 6) is 0.772. The van der Waals surface area contributed by atoms with Crippen LogP contribution >= 0.6 is 11.6 Å². The molecule has 0 radical (unpaired) electrons. The molecule has 0 atom stereocenters. The number of hydrogen-bond acceptors (Lipinski definition) is 3. The van der Waals surface area contributed by atoms with Gasteiger partial charge in [-0.1, -0.05) is 35.9 Å². The molecule has 4 heteroatoms. The van der Waals surface area contributed by atoms with Gasteiger partial charge in [-0.15, -0.1) is 0 Å². The van der Waals surface area contributed by atoms with E-state index in [4.69, 9.17) is 25.8 Å². The summed E-state index contributed by atoms with van der Waals surface area (Å²) in [5.41, 5.74) is 0. The third-order valence-electron chi connectivity index (χ3n) is 2.73. The quantitative estimate of drug-likeness (QED) is 0.776. The fourth-order valence-electron chi connectivity index (χ4n) is 1.75.